The minimum Gasteiger partial charge on any atom is -0.355 e. The number of anilines is 1. The molecule has 0 unspecified atom stereocenters. The number of para-hydroxylation sites is 1. The molecule has 17 heavy (non-hydrogen) atoms. The van der Waals surface area contributed by atoms with Crippen molar-refractivity contribution in [3.8, 4) is 0 Å². The van der Waals surface area contributed by atoms with Gasteiger partial charge in [0.15, 0.2) is 0 Å². The van der Waals surface area contributed by atoms with Crippen molar-refractivity contribution in [3.63, 3.8) is 0 Å². The number of carbonyl (C=O) groups excluding carboxylic acids is 1. The lowest BCUT2D eigenvalue weighted by Gasteiger charge is -2.43. The van der Waals surface area contributed by atoms with Crippen molar-refractivity contribution < 1.29 is 4.79 Å². The van der Waals surface area contributed by atoms with Crippen molar-refractivity contribution in [2.45, 2.75) is 25.9 Å². The van der Waals surface area contributed by atoms with Crippen LogP contribution in [0.5, 0.6) is 0 Å². The lowest BCUT2D eigenvalue weighted by Crippen LogP contribution is -2.62. The third kappa shape index (κ3) is 2.00. The highest BCUT2D eigenvalue weighted by Crippen LogP contribution is 2.28. The van der Waals surface area contributed by atoms with Gasteiger partial charge in [-0.25, -0.2) is 0 Å². The van der Waals surface area contributed by atoms with Crippen LogP contribution in [0, 0.1) is 0 Å². The van der Waals surface area contributed by atoms with Crippen LogP contribution in [-0.4, -0.2) is 24.5 Å². The van der Waals surface area contributed by atoms with Crippen LogP contribution in [0.4, 0.5) is 5.69 Å². The second kappa shape index (κ2) is 4.37. The lowest BCUT2D eigenvalue weighted by atomic mass is 9.96. The maximum absolute atomic E-state index is 11.9. The van der Waals surface area contributed by atoms with Crippen LogP contribution in [0.15, 0.2) is 24.3 Å². The number of carbonyl (C=O) groups is 1. The largest absolute Gasteiger partial charge is 0.355 e. The van der Waals surface area contributed by atoms with Crippen LogP contribution in [0.2, 0.25) is 0 Å². The third-order valence-corrected chi connectivity index (χ3v) is 3.35. The Morgan fingerprint density at radius 1 is 1.41 bits per heavy atom. The molecular weight excluding hydrogens is 214 g/mol. The molecule has 1 amide bonds. The minimum absolute atomic E-state index is 0.0653. The van der Waals surface area contributed by atoms with E-state index in [4.69, 9.17) is 5.73 Å². The zero-order valence-corrected chi connectivity index (χ0v) is 10.4. The fourth-order valence-corrected chi connectivity index (χ4v) is 2.27. The Kier molecular flexibility index (Phi) is 3.07. The first-order valence-electron chi connectivity index (χ1n) is 5.91. The first-order valence-corrected chi connectivity index (χ1v) is 5.91. The summed E-state index contributed by atoms with van der Waals surface area (Å²) in [6.07, 6.45) is 0. The second-order valence-corrected chi connectivity index (χ2v) is 4.80. The van der Waals surface area contributed by atoms with E-state index in [0.717, 1.165) is 17.8 Å². The molecular formula is C13H19N3O. The first-order chi connectivity index (χ1) is 8.07. The van der Waals surface area contributed by atoms with E-state index < -0.39 is 5.54 Å². The lowest BCUT2D eigenvalue weighted by molar-refractivity contribution is -0.126. The van der Waals surface area contributed by atoms with Crippen LogP contribution < -0.4 is 16.0 Å². The van der Waals surface area contributed by atoms with E-state index in [0.29, 0.717) is 13.1 Å². The zero-order valence-electron chi connectivity index (χ0n) is 10.4. The molecule has 1 aliphatic heterocycles. The van der Waals surface area contributed by atoms with Crippen molar-refractivity contribution in [3.05, 3.63) is 29.8 Å². The summed E-state index contributed by atoms with van der Waals surface area (Å²) in [6.45, 7) is 5.87. The summed E-state index contributed by atoms with van der Waals surface area (Å²) in [5.41, 5.74) is 7.37. The topological polar surface area (TPSA) is 58.4 Å². The fourth-order valence-electron chi connectivity index (χ4n) is 2.27. The highest BCUT2D eigenvalue weighted by atomic mass is 16.2. The van der Waals surface area contributed by atoms with Gasteiger partial charge in [0.05, 0.1) is 0 Å². The number of hydrogen-bond donors (Lipinski definition) is 2. The third-order valence-electron chi connectivity index (χ3n) is 3.35. The van der Waals surface area contributed by atoms with E-state index >= 15 is 0 Å². The van der Waals surface area contributed by atoms with Gasteiger partial charge in [0, 0.05) is 25.3 Å². The number of amides is 1. The summed E-state index contributed by atoms with van der Waals surface area (Å²) in [5, 5.41) is 2.90. The molecule has 0 aromatic heterocycles. The van der Waals surface area contributed by atoms with E-state index in [9.17, 15) is 4.79 Å². The number of hydrogen-bond acceptors (Lipinski definition) is 3. The number of nitrogens with one attached hydrogen (secondary N) is 1. The van der Waals surface area contributed by atoms with Gasteiger partial charge in [-0.15, -0.1) is 0 Å². The average Bonchev–Trinajstić information content (AvgIpc) is 2.33. The quantitative estimate of drug-likeness (QED) is 0.796. The van der Waals surface area contributed by atoms with Gasteiger partial charge in [0.1, 0.15) is 5.54 Å². The van der Waals surface area contributed by atoms with Gasteiger partial charge in [-0.2, -0.15) is 0 Å². The molecule has 2 rings (SSSR count). The van der Waals surface area contributed by atoms with Gasteiger partial charge in [-0.05, 0) is 25.5 Å². The normalized spacial score (nSPS) is 19.0. The van der Waals surface area contributed by atoms with Crippen LogP contribution in [0.25, 0.3) is 0 Å². The summed E-state index contributed by atoms with van der Waals surface area (Å²) >= 11 is 0. The van der Waals surface area contributed by atoms with Crippen LogP contribution in [0.3, 0.4) is 0 Å². The minimum atomic E-state index is -0.524. The van der Waals surface area contributed by atoms with Gasteiger partial charge >= 0.3 is 0 Å². The summed E-state index contributed by atoms with van der Waals surface area (Å²) in [7, 11) is 0. The highest BCUT2D eigenvalue weighted by Gasteiger charge is 2.38. The van der Waals surface area contributed by atoms with E-state index in [1.165, 1.54) is 0 Å². The molecule has 0 aliphatic carbocycles. The van der Waals surface area contributed by atoms with Crippen LogP contribution in [-0.2, 0) is 11.3 Å². The van der Waals surface area contributed by atoms with Crippen molar-refractivity contribution in [1.82, 2.24) is 5.32 Å². The molecule has 0 spiro atoms. The molecule has 1 aromatic rings. The molecule has 4 heteroatoms. The predicted octanol–water partition coefficient (Wildman–Crippen LogP) is 0.860. The number of benzene rings is 1. The molecule has 0 bridgehead atoms. The van der Waals surface area contributed by atoms with Gasteiger partial charge in [0.2, 0.25) is 5.91 Å². The van der Waals surface area contributed by atoms with Crippen LogP contribution >= 0.6 is 0 Å². The number of piperazine rings is 1. The number of nitrogens with two attached hydrogens (primary N) is 1. The SMILES string of the molecule is CC1(C)C(=O)NCCN1c1ccccc1CN. The van der Waals surface area contributed by atoms with E-state index in [-0.39, 0.29) is 5.91 Å². The molecule has 1 heterocycles. The standard InChI is InChI=1S/C13H19N3O/c1-13(2)12(17)15-7-8-16(13)11-6-4-3-5-10(11)9-14/h3-6H,7-9,14H2,1-2H3,(H,15,17). The maximum atomic E-state index is 11.9. The molecule has 0 saturated carbocycles. The number of nitrogens with zero attached hydrogens (tertiary/aromatic N) is 1. The zero-order chi connectivity index (χ0) is 12.5. The Bertz CT molecular complexity index is 428. The Morgan fingerprint density at radius 3 is 2.82 bits per heavy atom. The van der Waals surface area contributed by atoms with Crippen molar-refractivity contribution in [1.29, 1.82) is 0 Å². The van der Waals surface area contributed by atoms with Crippen molar-refractivity contribution >= 4 is 11.6 Å². The summed E-state index contributed by atoms with van der Waals surface area (Å²) in [4.78, 5) is 14.0. The smallest absolute Gasteiger partial charge is 0.245 e. The van der Waals surface area contributed by atoms with E-state index in [2.05, 4.69) is 10.2 Å². The molecule has 1 aliphatic rings. The van der Waals surface area contributed by atoms with E-state index in [1.807, 2.05) is 38.1 Å². The van der Waals surface area contributed by atoms with Gasteiger partial charge in [0.25, 0.3) is 0 Å². The monoisotopic (exact) mass is 233 g/mol. The average molecular weight is 233 g/mol. The van der Waals surface area contributed by atoms with E-state index in [1.54, 1.807) is 0 Å². The molecule has 0 atom stereocenters. The molecule has 1 fully saturated rings. The van der Waals surface area contributed by atoms with Crippen molar-refractivity contribution in [2.75, 3.05) is 18.0 Å². The van der Waals surface area contributed by atoms with Crippen LogP contribution in [0.1, 0.15) is 19.4 Å². The number of rotatable bonds is 2. The first kappa shape index (κ1) is 11.9. The second-order valence-electron chi connectivity index (χ2n) is 4.80. The molecule has 0 radical (unpaired) electrons. The summed E-state index contributed by atoms with van der Waals surface area (Å²) < 4.78 is 0. The Morgan fingerprint density at radius 2 is 2.12 bits per heavy atom. The highest BCUT2D eigenvalue weighted by molar-refractivity contribution is 5.90. The predicted molar refractivity (Wildman–Crippen MR) is 68.8 cm³/mol. The maximum Gasteiger partial charge on any atom is 0.245 e. The molecule has 3 N–H and O–H groups in total. The fraction of sp³-hybridized carbons (Fsp3) is 0.462. The van der Waals surface area contributed by atoms with Crippen molar-refractivity contribution in [2.24, 2.45) is 5.73 Å². The van der Waals surface area contributed by atoms with Gasteiger partial charge in [-0.1, -0.05) is 18.2 Å². The molecule has 1 aromatic carbocycles. The molecule has 92 valence electrons. The summed E-state index contributed by atoms with van der Waals surface area (Å²) in [5.74, 6) is 0.0653. The molecule has 1 saturated heterocycles. The summed E-state index contributed by atoms with van der Waals surface area (Å²) in [6, 6.07) is 8.00. The Balaban J connectivity index is 2.41. The Labute approximate surface area is 102 Å². The Hall–Kier alpha value is -1.55. The van der Waals surface area contributed by atoms with Gasteiger partial charge < -0.3 is 16.0 Å². The molecule has 4 nitrogen and oxygen atoms in total. The van der Waals surface area contributed by atoms with Gasteiger partial charge in [-0.3, -0.25) is 4.79 Å².